The van der Waals surface area contributed by atoms with E-state index in [0.29, 0.717) is 5.03 Å². The van der Waals surface area contributed by atoms with Gasteiger partial charge in [0.1, 0.15) is 0 Å². The van der Waals surface area contributed by atoms with E-state index in [9.17, 15) is 0 Å². The van der Waals surface area contributed by atoms with Crippen LogP contribution in [-0.4, -0.2) is 11.4 Å². The molecule has 0 aromatic carbocycles. The van der Waals surface area contributed by atoms with E-state index in [1.807, 2.05) is 0 Å². The van der Waals surface area contributed by atoms with Crippen molar-refractivity contribution in [3.8, 4) is 0 Å². The van der Waals surface area contributed by atoms with Gasteiger partial charge in [-0.05, 0) is 6.08 Å². The van der Waals surface area contributed by atoms with E-state index in [4.69, 9.17) is 16.7 Å². The molecule has 0 amide bonds. The molecule has 1 unspecified atom stereocenters. The van der Waals surface area contributed by atoms with Crippen molar-refractivity contribution >= 4 is 11.6 Å². The SMILES string of the molecule is OC1C=C(Cl)C=CO1. The summed E-state index contributed by atoms with van der Waals surface area (Å²) < 4.78 is 4.56. The van der Waals surface area contributed by atoms with E-state index in [0.717, 1.165) is 0 Å². The summed E-state index contributed by atoms with van der Waals surface area (Å²) in [5.41, 5.74) is 0. The van der Waals surface area contributed by atoms with Crippen molar-refractivity contribution in [3.05, 3.63) is 23.4 Å². The summed E-state index contributed by atoms with van der Waals surface area (Å²) in [6, 6.07) is 0. The Kier molecular flexibility index (Phi) is 1.56. The summed E-state index contributed by atoms with van der Waals surface area (Å²) >= 11 is 5.45. The Morgan fingerprint density at radius 3 is 2.88 bits per heavy atom. The minimum absolute atomic E-state index is 0.503. The Morgan fingerprint density at radius 2 is 2.50 bits per heavy atom. The van der Waals surface area contributed by atoms with Gasteiger partial charge in [0.15, 0.2) is 0 Å². The summed E-state index contributed by atoms with van der Waals surface area (Å²) in [7, 11) is 0. The highest BCUT2D eigenvalue weighted by Gasteiger charge is 2.01. The van der Waals surface area contributed by atoms with E-state index in [1.165, 1.54) is 12.3 Å². The number of aliphatic hydroxyl groups is 1. The van der Waals surface area contributed by atoms with E-state index in [1.54, 1.807) is 6.08 Å². The zero-order valence-corrected chi connectivity index (χ0v) is 4.80. The van der Waals surface area contributed by atoms with Gasteiger partial charge in [-0.15, -0.1) is 0 Å². The number of hydrogen-bond donors (Lipinski definition) is 1. The maximum absolute atomic E-state index is 8.65. The molecule has 0 aliphatic carbocycles. The first-order chi connectivity index (χ1) is 3.79. The predicted octanol–water partition coefficient (Wildman–Crippen LogP) is 0.971. The van der Waals surface area contributed by atoms with Gasteiger partial charge in [-0.3, -0.25) is 0 Å². The molecule has 8 heavy (non-hydrogen) atoms. The van der Waals surface area contributed by atoms with E-state index in [-0.39, 0.29) is 0 Å². The first-order valence-electron chi connectivity index (χ1n) is 2.16. The highest BCUT2D eigenvalue weighted by molar-refractivity contribution is 6.31. The summed E-state index contributed by atoms with van der Waals surface area (Å²) in [6.45, 7) is 0. The largest absolute Gasteiger partial charge is 0.469 e. The second-order valence-corrected chi connectivity index (χ2v) is 1.82. The maximum Gasteiger partial charge on any atom is 0.218 e. The van der Waals surface area contributed by atoms with Crippen LogP contribution in [0.15, 0.2) is 23.4 Å². The maximum atomic E-state index is 8.65. The number of aliphatic hydroxyl groups excluding tert-OH is 1. The molecule has 1 aliphatic heterocycles. The van der Waals surface area contributed by atoms with Gasteiger partial charge in [0.05, 0.1) is 6.26 Å². The molecule has 3 heteroatoms. The number of ether oxygens (including phenoxy) is 1. The molecule has 0 saturated carbocycles. The lowest BCUT2D eigenvalue weighted by atomic mass is 10.4. The molecule has 0 aromatic heterocycles. The fourth-order valence-corrected chi connectivity index (χ4v) is 0.575. The molecular formula is C5H5ClO2. The Balaban J connectivity index is 2.63. The Hall–Kier alpha value is -0.470. The van der Waals surface area contributed by atoms with Crippen LogP contribution in [0, 0.1) is 0 Å². The molecular weight excluding hydrogens is 128 g/mol. The van der Waals surface area contributed by atoms with Gasteiger partial charge in [0.25, 0.3) is 0 Å². The fourth-order valence-electron chi connectivity index (χ4n) is 0.416. The van der Waals surface area contributed by atoms with Gasteiger partial charge in [0, 0.05) is 11.1 Å². The lowest BCUT2D eigenvalue weighted by Crippen LogP contribution is -2.06. The summed E-state index contributed by atoms with van der Waals surface area (Å²) in [5, 5.41) is 9.15. The van der Waals surface area contributed by atoms with Crippen LogP contribution in [-0.2, 0) is 4.74 Å². The van der Waals surface area contributed by atoms with Crippen LogP contribution in [0.5, 0.6) is 0 Å². The molecule has 1 rings (SSSR count). The van der Waals surface area contributed by atoms with Gasteiger partial charge in [-0.25, -0.2) is 0 Å². The number of hydrogen-bond acceptors (Lipinski definition) is 2. The average molecular weight is 133 g/mol. The molecule has 0 fully saturated rings. The minimum atomic E-state index is -0.868. The predicted molar refractivity (Wildman–Crippen MR) is 30.2 cm³/mol. The van der Waals surface area contributed by atoms with Crippen molar-refractivity contribution < 1.29 is 9.84 Å². The normalized spacial score (nSPS) is 26.8. The lowest BCUT2D eigenvalue weighted by molar-refractivity contribution is -0.0135. The van der Waals surface area contributed by atoms with Gasteiger partial charge in [0.2, 0.25) is 6.29 Å². The molecule has 1 atom stereocenters. The van der Waals surface area contributed by atoms with E-state index in [2.05, 4.69) is 4.74 Å². The molecule has 0 radical (unpaired) electrons. The summed E-state index contributed by atoms with van der Waals surface area (Å²) in [5.74, 6) is 0. The first kappa shape index (κ1) is 5.66. The standard InChI is InChI=1S/C5H5ClO2/c6-4-1-2-8-5(7)3-4/h1-3,5,7H. The number of rotatable bonds is 0. The third-order valence-electron chi connectivity index (χ3n) is 0.747. The quantitative estimate of drug-likeness (QED) is 0.532. The number of halogens is 1. The Morgan fingerprint density at radius 1 is 1.75 bits per heavy atom. The van der Waals surface area contributed by atoms with Gasteiger partial charge in [-0.1, -0.05) is 11.6 Å². The van der Waals surface area contributed by atoms with Crippen molar-refractivity contribution in [3.63, 3.8) is 0 Å². The highest BCUT2D eigenvalue weighted by atomic mass is 35.5. The molecule has 1 aliphatic rings. The third kappa shape index (κ3) is 1.25. The van der Waals surface area contributed by atoms with Crippen LogP contribution in [0.1, 0.15) is 0 Å². The van der Waals surface area contributed by atoms with Gasteiger partial charge >= 0.3 is 0 Å². The highest BCUT2D eigenvalue weighted by Crippen LogP contribution is 2.10. The van der Waals surface area contributed by atoms with Crippen LogP contribution in [0.2, 0.25) is 0 Å². The van der Waals surface area contributed by atoms with Crippen molar-refractivity contribution in [2.75, 3.05) is 0 Å². The van der Waals surface area contributed by atoms with Crippen molar-refractivity contribution in [1.82, 2.24) is 0 Å². The molecule has 1 heterocycles. The monoisotopic (exact) mass is 132 g/mol. The van der Waals surface area contributed by atoms with Crippen LogP contribution < -0.4 is 0 Å². The summed E-state index contributed by atoms with van der Waals surface area (Å²) in [4.78, 5) is 0. The van der Waals surface area contributed by atoms with Crippen molar-refractivity contribution in [2.45, 2.75) is 6.29 Å². The Labute approximate surface area is 52.0 Å². The van der Waals surface area contributed by atoms with Gasteiger partial charge in [-0.2, -0.15) is 0 Å². The fraction of sp³-hybridized carbons (Fsp3) is 0.200. The van der Waals surface area contributed by atoms with Crippen LogP contribution in [0.4, 0.5) is 0 Å². The topological polar surface area (TPSA) is 29.5 Å². The van der Waals surface area contributed by atoms with E-state index < -0.39 is 6.29 Å². The first-order valence-corrected chi connectivity index (χ1v) is 2.54. The van der Waals surface area contributed by atoms with Gasteiger partial charge < -0.3 is 9.84 Å². The van der Waals surface area contributed by atoms with Crippen LogP contribution >= 0.6 is 11.6 Å². The molecule has 0 bridgehead atoms. The van der Waals surface area contributed by atoms with Crippen molar-refractivity contribution in [2.24, 2.45) is 0 Å². The summed E-state index contributed by atoms with van der Waals surface area (Å²) in [6.07, 6.45) is 3.45. The number of allylic oxidation sites excluding steroid dienone is 2. The van der Waals surface area contributed by atoms with E-state index >= 15 is 0 Å². The van der Waals surface area contributed by atoms with Crippen LogP contribution in [0.3, 0.4) is 0 Å². The molecule has 44 valence electrons. The molecule has 0 spiro atoms. The molecule has 0 aromatic rings. The second-order valence-electron chi connectivity index (χ2n) is 1.38. The molecule has 1 N–H and O–H groups in total. The minimum Gasteiger partial charge on any atom is -0.469 e. The van der Waals surface area contributed by atoms with Crippen molar-refractivity contribution in [1.29, 1.82) is 0 Å². The molecule has 2 nitrogen and oxygen atoms in total. The average Bonchev–Trinajstić information content (AvgIpc) is 1.64. The second kappa shape index (κ2) is 2.20. The molecule has 0 saturated heterocycles. The smallest absolute Gasteiger partial charge is 0.218 e. The Bertz CT molecular complexity index is 139. The zero-order chi connectivity index (χ0) is 5.98. The zero-order valence-electron chi connectivity index (χ0n) is 4.04. The lowest BCUT2D eigenvalue weighted by Gasteiger charge is -2.08. The third-order valence-corrected chi connectivity index (χ3v) is 0.999. The van der Waals surface area contributed by atoms with Crippen LogP contribution in [0.25, 0.3) is 0 Å².